The fraction of sp³-hybridized carbons (Fsp3) is 0.364. The molecule has 0 aromatic heterocycles. The third kappa shape index (κ3) is 3.81. The van der Waals surface area contributed by atoms with E-state index in [0.29, 0.717) is 0 Å². The van der Waals surface area contributed by atoms with Gasteiger partial charge in [0.1, 0.15) is 11.7 Å². The normalized spacial score (nSPS) is 22.8. The lowest BCUT2D eigenvalue weighted by molar-refractivity contribution is -0.150. The number of carbonyl (C=O) groups excluding carboxylic acids is 2. The topological polar surface area (TPSA) is 43.4 Å². The minimum absolute atomic E-state index is 0.0344. The van der Waals surface area contributed by atoms with E-state index >= 15 is 0 Å². The lowest BCUT2D eigenvalue weighted by Crippen LogP contribution is -2.26. The van der Waals surface area contributed by atoms with Gasteiger partial charge in [0, 0.05) is 5.92 Å². The van der Waals surface area contributed by atoms with E-state index in [-0.39, 0.29) is 23.6 Å². The Morgan fingerprint density at radius 1 is 1.04 bits per heavy atom. The molecule has 2 aromatic rings. The lowest BCUT2D eigenvalue weighted by Gasteiger charge is -2.10. The van der Waals surface area contributed by atoms with Gasteiger partial charge < -0.3 is 4.74 Å². The van der Waals surface area contributed by atoms with Gasteiger partial charge >= 0.3 is 5.97 Å². The summed E-state index contributed by atoms with van der Waals surface area (Å²) in [5, 5.41) is 0. The van der Waals surface area contributed by atoms with Gasteiger partial charge in [0.15, 0.2) is 0 Å². The summed E-state index contributed by atoms with van der Waals surface area (Å²) in [6.07, 6.45) is 2.42. The van der Waals surface area contributed by atoms with Crippen molar-refractivity contribution >= 4 is 11.8 Å². The predicted molar refractivity (Wildman–Crippen MR) is 98.0 cm³/mol. The summed E-state index contributed by atoms with van der Waals surface area (Å²) in [6, 6.07) is 18.8. The number of methoxy groups -OCH3 is 1. The van der Waals surface area contributed by atoms with Crippen molar-refractivity contribution in [3.63, 3.8) is 0 Å². The molecule has 0 amide bonds. The van der Waals surface area contributed by atoms with Gasteiger partial charge in [-0.1, -0.05) is 61.5 Å². The first-order valence-corrected chi connectivity index (χ1v) is 8.86. The molecule has 25 heavy (non-hydrogen) atoms. The molecule has 1 fully saturated rings. The van der Waals surface area contributed by atoms with Crippen molar-refractivity contribution in [2.75, 3.05) is 7.11 Å². The molecule has 1 saturated carbocycles. The first-order valence-electron chi connectivity index (χ1n) is 8.86. The maximum absolute atomic E-state index is 12.5. The Morgan fingerprint density at radius 3 is 2.32 bits per heavy atom. The summed E-state index contributed by atoms with van der Waals surface area (Å²) in [5.41, 5.74) is 3.62. The van der Waals surface area contributed by atoms with Crippen molar-refractivity contribution in [3.05, 3.63) is 60.2 Å². The van der Waals surface area contributed by atoms with Crippen molar-refractivity contribution in [2.24, 2.45) is 17.8 Å². The van der Waals surface area contributed by atoms with Crippen LogP contribution in [-0.4, -0.2) is 18.9 Å². The number of rotatable bonds is 5. The van der Waals surface area contributed by atoms with Crippen LogP contribution in [0.1, 0.15) is 25.3 Å². The molecule has 0 spiro atoms. The summed E-state index contributed by atoms with van der Waals surface area (Å²) >= 11 is 0. The highest BCUT2D eigenvalue weighted by molar-refractivity contribution is 6.02. The van der Waals surface area contributed by atoms with Crippen molar-refractivity contribution in [1.29, 1.82) is 0 Å². The van der Waals surface area contributed by atoms with Crippen LogP contribution in [0.2, 0.25) is 0 Å². The average Bonchev–Trinajstić information content (AvgIpc) is 2.94. The molecule has 0 aliphatic heterocycles. The molecule has 3 nitrogen and oxygen atoms in total. The van der Waals surface area contributed by atoms with E-state index in [0.717, 1.165) is 19.3 Å². The number of benzene rings is 2. The summed E-state index contributed by atoms with van der Waals surface area (Å²) < 4.78 is 4.78. The summed E-state index contributed by atoms with van der Waals surface area (Å²) in [6.45, 7) is 1.97. The average molecular weight is 336 g/mol. The molecule has 0 bridgehead atoms. The third-order valence-electron chi connectivity index (χ3n) is 5.23. The number of esters is 1. The number of aryl methyl sites for hydroxylation is 1. The molecule has 2 aromatic carbocycles. The molecule has 3 atom stereocenters. The summed E-state index contributed by atoms with van der Waals surface area (Å²) in [5.74, 6) is -0.860. The molecule has 3 rings (SSSR count). The first kappa shape index (κ1) is 17.4. The lowest BCUT2D eigenvalue weighted by atomic mass is 9.95. The van der Waals surface area contributed by atoms with Crippen LogP contribution in [0.4, 0.5) is 0 Å². The van der Waals surface area contributed by atoms with Gasteiger partial charge in [-0.3, -0.25) is 9.59 Å². The van der Waals surface area contributed by atoms with E-state index in [1.807, 2.05) is 25.1 Å². The molecule has 0 N–H and O–H groups in total. The molecule has 0 radical (unpaired) electrons. The van der Waals surface area contributed by atoms with Gasteiger partial charge in [-0.05, 0) is 41.9 Å². The van der Waals surface area contributed by atoms with Crippen LogP contribution in [0.5, 0.6) is 0 Å². The Morgan fingerprint density at radius 2 is 1.68 bits per heavy atom. The molecule has 1 aliphatic rings. The monoisotopic (exact) mass is 336 g/mol. The van der Waals surface area contributed by atoms with E-state index in [2.05, 4.69) is 36.4 Å². The minimum Gasteiger partial charge on any atom is -0.468 e. The van der Waals surface area contributed by atoms with Gasteiger partial charge in [-0.25, -0.2) is 0 Å². The number of ether oxygens (including phenoxy) is 1. The maximum Gasteiger partial charge on any atom is 0.316 e. The second kappa shape index (κ2) is 7.64. The molecule has 1 unspecified atom stereocenters. The van der Waals surface area contributed by atoms with Crippen molar-refractivity contribution in [2.45, 2.75) is 26.2 Å². The fourth-order valence-electron chi connectivity index (χ4n) is 3.81. The number of carbonyl (C=O) groups is 2. The third-order valence-corrected chi connectivity index (χ3v) is 5.23. The molecule has 1 aliphatic carbocycles. The van der Waals surface area contributed by atoms with Gasteiger partial charge in [0.05, 0.1) is 7.11 Å². The molecule has 130 valence electrons. The summed E-state index contributed by atoms with van der Waals surface area (Å²) in [4.78, 5) is 24.3. The summed E-state index contributed by atoms with van der Waals surface area (Å²) in [7, 11) is 1.35. The van der Waals surface area contributed by atoms with E-state index < -0.39 is 5.92 Å². The van der Waals surface area contributed by atoms with E-state index in [9.17, 15) is 9.59 Å². The zero-order valence-corrected chi connectivity index (χ0v) is 14.8. The highest BCUT2D eigenvalue weighted by atomic mass is 16.5. The first-order chi connectivity index (χ1) is 12.1. The number of hydrogen-bond donors (Lipinski definition) is 0. The SMILES string of the molecule is COC(=O)[C@H]1C(=O)C(CCc2ccc(-c3ccccc3)cc2)C[C@@H]1C. The van der Waals surface area contributed by atoms with Crippen molar-refractivity contribution in [1.82, 2.24) is 0 Å². The smallest absolute Gasteiger partial charge is 0.316 e. The van der Waals surface area contributed by atoms with E-state index in [4.69, 9.17) is 4.74 Å². The fourth-order valence-corrected chi connectivity index (χ4v) is 3.81. The Kier molecular flexibility index (Phi) is 5.32. The zero-order valence-electron chi connectivity index (χ0n) is 14.8. The standard InChI is InChI=1S/C22H24O3/c1-15-14-19(21(23)20(15)22(24)25-2)13-10-16-8-11-18(12-9-16)17-6-4-3-5-7-17/h3-9,11-12,15,19-20H,10,13-14H2,1-2H3/t15-,19?,20+/m0/s1. The van der Waals surface area contributed by atoms with Crippen LogP contribution in [0.3, 0.4) is 0 Å². The quantitative estimate of drug-likeness (QED) is 0.604. The molecular formula is C22H24O3. The van der Waals surface area contributed by atoms with E-state index in [1.165, 1.54) is 23.8 Å². The second-order valence-corrected chi connectivity index (χ2v) is 6.91. The second-order valence-electron chi connectivity index (χ2n) is 6.91. The largest absolute Gasteiger partial charge is 0.468 e. The van der Waals surface area contributed by atoms with Crippen LogP contribution in [-0.2, 0) is 20.7 Å². The molecule has 3 heteroatoms. The highest BCUT2D eigenvalue weighted by Crippen LogP contribution is 2.36. The molecular weight excluding hydrogens is 312 g/mol. The van der Waals surface area contributed by atoms with Crippen molar-refractivity contribution < 1.29 is 14.3 Å². The minimum atomic E-state index is -0.574. The number of ketones is 1. The molecule has 0 saturated heterocycles. The van der Waals surface area contributed by atoms with Gasteiger partial charge in [0.2, 0.25) is 0 Å². The zero-order chi connectivity index (χ0) is 17.8. The van der Waals surface area contributed by atoms with Crippen molar-refractivity contribution in [3.8, 4) is 11.1 Å². The van der Waals surface area contributed by atoms with Gasteiger partial charge in [-0.15, -0.1) is 0 Å². The van der Waals surface area contributed by atoms with Crippen LogP contribution < -0.4 is 0 Å². The Balaban J connectivity index is 1.61. The molecule has 0 heterocycles. The van der Waals surface area contributed by atoms with Crippen LogP contribution in [0, 0.1) is 17.8 Å². The van der Waals surface area contributed by atoms with Crippen LogP contribution >= 0.6 is 0 Å². The highest BCUT2D eigenvalue weighted by Gasteiger charge is 2.44. The van der Waals surface area contributed by atoms with Gasteiger partial charge in [-0.2, -0.15) is 0 Å². The Bertz CT molecular complexity index is 734. The van der Waals surface area contributed by atoms with Gasteiger partial charge in [0.25, 0.3) is 0 Å². The Labute approximate surface area is 149 Å². The predicted octanol–water partition coefficient (Wildman–Crippen LogP) is 4.30. The number of hydrogen-bond acceptors (Lipinski definition) is 3. The maximum atomic E-state index is 12.5. The van der Waals surface area contributed by atoms with Crippen LogP contribution in [0.25, 0.3) is 11.1 Å². The van der Waals surface area contributed by atoms with Crippen LogP contribution in [0.15, 0.2) is 54.6 Å². The Hall–Kier alpha value is -2.42. The van der Waals surface area contributed by atoms with E-state index in [1.54, 1.807) is 0 Å². The number of Topliss-reactive ketones (excluding diaryl/α,β-unsaturated/α-hetero) is 1.